The summed E-state index contributed by atoms with van der Waals surface area (Å²) >= 11 is 0. The molecule has 8 nitrogen and oxygen atoms in total. The van der Waals surface area contributed by atoms with Gasteiger partial charge in [-0.25, -0.2) is 0 Å². The molecular formula is C16H25N5O3. The predicted octanol–water partition coefficient (Wildman–Crippen LogP) is -0.631. The number of morpholine rings is 1. The minimum absolute atomic E-state index is 0.0210. The van der Waals surface area contributed by atoms with Gasteiger partial charge >= 0.3 is 0 Å². The molecule has 3 heterocycles. The lowest BCUT2D eigenvalue weighted by atomic mass is 10.1. The van der Waals surface area contributed by atoms with Crippen molar-refractivity contribution in [2.75, 3.05) is 32.8 Å². The Kier molecular flexibility index (Phi) is 5.81. The summed E-state index contributed by atoms with van der Waals surface area (Å²) in [6, 6.07) is 1.48. The van der Waals surface area contributed by atoms with Gasteiger partial charge in [-0.05, 0) is 25.3 Å². The van der Waals surface area contributed by atoms with Gasteiger partial charge in [0.25, 0.3) is 0 Å². The number of hydrogen-bond donors (Lipinski definition) is 2. The maximum absolute atomic E-state index is 12.3. The zero-order valence-electron chi connectivity index (χ0n) is 13.8. The number of carbonyl (C=O) groups excluding carboxylic acids is 2. The van der Waals surface area contributed by atoms with E-state index in [9.17, 15) is 9.59 Å². The van der Waals surface area contributed by atoms with Crippen LogP contribution in [0.4, 0.5) is 0 Å². The molecule has 2 atom stereocenters. The van der Waals surface area contributed by atoms with E-state index >= 15 is 0 Å². The van der Waals surface area contributed by atoms with E-state index in [2.05, 4.69) is 20.6 Å². The molecule has 132 valence electrons. The standard InChI is InChI=1S/C16H25N5O3/c22-15(19-14-4-1-2-5-17-16(14)23)12-20-8-9-24-13(10-20)11-21-7-3-6-18-21/h3,6-7,13-14H,1-2,4-5,8-12H2,(H,17,23)(H,19,22)/t13-,14-/m1/s1. The molecule has 2 amide bonds. The van der Waals surface area contributed by atoms with Gasteiger partial charge in [-0.1, -0.05) is 0 Å². The summed E-state index contributed by atoms with van der Waals surface area (Å²) in [5, 5.41) is 9.89. The summed E-state index contributed by atoms with van der Waals surface area (Å²) < 4.78 is 7.59. The van der Waals surface area contributed by atoms with Gasteiger partial charge in [0.05, 0.1) is 25.8 Å². The summed E-state index contributed by atoms with van der Waals surface area (Å²) in [5.74, 6) is -0.170. The molecule has 0 spiro atoms. The summed E-state index contributed by atoms with van der Waals surface area (Å²) in [7, 11) is 0. The van der Waals surface area contributed by atoms with Crippen molar-refractivity contribution in [2.45, 2.75) is 38.0 Å². The second-order valence-corrected chi connectivity index (χ2v) is 6.36. The fraction of sp³-hybridized carbons (Fsp3) is 0.688. The van der Waals surface area contributed by atoms with Gasteiger partial charge in [0.2, 0.25) is 11.8 Å². The molecule has 24 heavy (non-hydrogen) atoms. The van der Waals surface area contributed by atoms with Crippen molar-refractivity contribution in [1.29, 1.82) is 0 Å². The van der Waals surface area contributed by atoms with Gasteiger partial charge in [-0.15, -0.1) is 0 Å². The molecular weight excluding hydrogens is 310 g/mol. The third kappa shape index (κ3) is 4.78. The first-order chi connectivity index (χ1) is 11.7. The highest BCUT2D eigenvalue weighted by atomic mass is 16.5. The van der Waals surface area contributed by atoms with E-state index in [1.807, 2.05) is 16.9 Å². The molecule has 0 unspecified atom stereocenters. The summed E-state index contributed by atoms with van der Waals surface area (Å²) in [4.78, 5) is 26.2. The lowest BCUT2D eigenvalue weighted by Gasteiger charge is -2.32. The smallest absolute Gasteiger partial charge is 0.242 e. The Labute approximate surface area is 141 Å². The number of amides is 2. The van der Waals surface area contributed by atoms with Gasteiger partial charge in [0, 0.05) is 32.0 Å². The van der Waals surface area contributed by atoms with Crippen molar-refractivity contribution in [3.63, 3.8) is 0 Å². The number of nitrogens with one attached hydrogen (secondary N) is 2. The Balaban J connectivity index is 1.45. The van der Waals surface area contributed by atoms with E-state index in [0.717, 1.165) is 19.4 Å². The molecule has 2 aliphatic heterocycles. The maximum atomic E-state index is 12.3. The molecule has 8 heteroatoms. The average Bonchev–Trinajstić information content (AvgIpc) is 2.98. The average molecular weight is 335 g/mol. The first-order valence-electron chi connectivity index (χ1n) is 8.59. The fourth-order valence-corrected chi connectivity index (χ4v) is 3.17. The molecule has 2 fully saturated rings. The van der Waals surface area contributed by atoms with E-state index in [0.29, 0.717) is 39.2 Å². The summed E-state index contributed by atoms with van der Waals surface area (Å²) in [5.41, 5.74) is 0. The number of carbonyl (C=O) groups is 2. The van der Waals surface area contributed by atoms with Crippen molar-refractivity contribution in [1.82, 2.24) is 25.3 Å². The number of aromatic nitrogens is 2. The van der Waals surface area contributed by atoms with Crippen LogP contribution in [0.25, 0.3) is 0 Å². The number of hydrogen-bond acceptors (Lipinski definition) is 5. The van der Waals surface area contributed by atoms with E-state index in [1.54, 1.807) is 6.20 Å². The lowest BCUT2D eigenvalue weighted by Crippen LogP contribution is -2.51. The van der Waals surface area contributed by atoms with Crippen molar-refractivity contribution >= 4 is 11.8 Å². The van der Waals surface area contributed by atoms with Crippen LogP contribution in [0.5, 0.6) is 0 Å². The van der Waals surface area contributed by atoms with Crippen LogP contribution < -0.4 is 10.6 Å². The number of nitrogens with zero attached hydrogens (tertiary/aromatic N) is 3. The normalized spacial score (nSPS) is 25.8. The molecule has 0 radical (unpaired) electrons. The van der Waals surface area contributed by atoms with E-state index < -0.39 is 6.04 Å². The maximum Gasteiger partial charge on any atom is 0.242 e. The molecule has 1 aromatic rings. The van der Waals surface area contributed by atoms with Crippen molar-refractivity contribution in [3.05, 3.63) is 18.5 Å². The second kappa shape index (κ2) is 8.25. The van der Waals surface area contributed by atoms with Crippen LogP contribution in [0.3, 0.4) is 0 Å². The highest BCUT2D eigenvalue weighted by Crippen LogP contribution is 2.08. The van der Waals surface area contributed by atoms with Gasteiger partial charge in [0.1, 0.15) is 6.04 Å². The Morgan fingerprint density at radius 2 is 2.38 bits per heavy atom. The van der Waals surface area contributed by atoms with E-state index in [-0.39, 0.29) is 17.9 Å². The molecule has 0 aliphatic carbocycles. The zero-order valence-corrected chi connectivity index (χ0v) is 13.8. The summed E-state index contributed by atoms with van der Waals surface area (Å²) in [6.07, 6.45) is 6.30. The van der Waals surface area contributed by atoms with Crippen LogP contribution in [0, 0.1) is 0 Å². The summed E-state index contributed by atoms with van der Waals surface area (Å²) in [6.45, 7) is 3.68. The first kappa shape index (κ1) is 16.9. The second-order valence-electron chi connectivity index (χ2n) is 6.36. The van der Waals surface area contributed by atoms with Crippen LogP contribution in [0.15, 0.2) is 18.5 Å². The molecule has 0 saturated carbocycles. The van der Waals surface area contributed by atoms with E-state index in [4.69, 9.17) is 4.74 Å². The number of rotatable bonds is 5. The SMILES string of the molecule is O=C(CN1CCO[C@@H](Cn2cccn2)C1)N[C@@H]1CCCCNC1=O. The monoisotopic (exact) mass is 335 g/mol. The van der Waals surface area contributed by atoms with Crippen LogP contribution in [0.1, 0.15) is 19.3 Å². The first-order valence-corrected chi connectivity index (χ1v) is 8.59. The van der Waals surface area contributed by atoms with E-state index in [1.165, 1.54) is 0 Å². The number of ether oxygens (including phenoxy) is 1. The highest BCUT2D eigenvalue weighted by Gasteiger charge is 2.26. The topological polar surface area (TPSA) is 88.5 Å². The Morgan fingerprint density at radius 3 is 3.21 bits per heavy atom. The molecule has 1 aromatic heterocycles. The Morgan fingerprint density at radius 1 is 1.46 bits per heavy atom. The minimum atomic E-state index is -0.402. The van der Waals surface area contributed by atoms with Crippen molar-refractivity contribution < 1.29 is 14.3 Å². The molecule has 0 bridgehead atoms. The predicted molar refractivity (Wildman–Crippen MR) is 87.2 cm³/mol. The highest BCUT2D eigenvalue weighted by molar-refractivity contribution is 5.88. The largest absolute Gasteiger partial charge is 0.374 e. The molecule has 0 aromatic carbocycles. The van der Waals surface area contributed by atoms with Gasteiger partial charge in [-0.3, -0.25) is 19.2 Å². The minimum Gasteiger partial charge on any atom is -0.374 e. The molecule has 3 rings (SSSR count). The van der Waals surface area contributed by atoms with Crippen LogP contribution in [-0.4, -0.2) is 71.4 Å². The van der Waals surface area contributed by atoms with Crippen LogP contribution >= 0.6 is 0 Å². The van der Waals surface area contributed by atoms with Crippen molar-refractivity contribution in [3.8, 4) is 0 Å². The fourth-order valence-electron chi connectivity index (χ4n) is 3.17. The Bertz CT molecular complexity index is 548. The van der Waals surface area contributed by atoms with Gasteiger partial charge < -0.3 is 15.4 Å². The van der Waals surface area contributed by atoms with Gasteiger partial charge in [-0.2, -0.15) is 5.10 Å². The lowest BCUT2D eigenvalue weighted by molar-refractivity contribution is -0.130. The van der Waals surface area contributed by atoms with Gasteiger partial charge in [0.15, 0.2) is 0 Å². The molecule has 2 N–H and O–H groups in total. The Hall–Kier alpha value is -1.93. The zero-order chi connectivity index (χ0) is 16.8. The molecule has 2 aliphatic rings. The molecule has 2 saturated heterocycles. The van der Waals surface area contributed by atoms with Crippen molar-refractivity contribution in [2.24, 2.45) is 0 Å². The quantitative estimate of drug-likeness (QED) is 0.748. The third-order valence-electron chi connectivity index (χ3n) is 4.41. The third-order valence-corrected chi connectivity index (χ3v) is 4.41. The van der Waals surface area contributed by atoms with Crippen LogP contribution in [0.2, 0.25) is 0 Å². The van der Waals surface area contributed by atoms with Crippen LogP contribution in [-0.2, 0) is 20.9 Å².